The maximum absolute atomic E-state index is 2.83. The lowest BCUT2D eigenvalue weighted by atomic mass is 9.46. The Hall–Kier alpha value is 0. The zero-order chi connectivity index (χ0) is 33.8. The lowest BCUT2D eigenvalue weighted by Crippen LogP contribution is -2.50. The van der Waals surface area contributed by atoms with Crippen LogP contribution >= 0.6 is 0 Å². The summed E-state index contributed by atoms with van der Waals surface area (Å²) in [6.07, 6.45) is 31.1. The van der Waals surface area contributed by atoms with Crippen molar-refractivity contribution in [1.82, 2.24) is 0 Å². The first-order valence-corrected chi connectivity index (χ1v) is 22.9. The fourth-order valence-electron chi connectivity index (χ4n) is 17.8. The quantitative estimate of drug-likeness (QED) is 0.266. The Bertz CT molecular complexity index is 1110. The van der Waals surface area contributed by atoms with Crippen LogP contribution in [-0.2, 0) is 0 Å². The average Bonchev–Trinajstić information content (AvgIpc) is 3.48. The van der Waals surface area contributed by atoms with Crippen molar-refractivity contribution in [2.75, 3.05) is 0 Å². The van der Waals surface area contributed by atoms with E-state index in [4.69, 9.17) is 0 Å². The van der Waals surface area contributed by atoms with Gasteiger partial charge in [-0.15, -0.1) is 0 Å². The van der Waals surface area contributed by atoms with Gasteiger partial charge in [0.1, 0.15) is 0 Å². The molecule has 0 aromatic rings. The van der Waals surface area contributed by atoms with E-state index in [0.717, 1.165) is 88.8 Å². The Balaban J connectivity index is 1.23. The normalized spacial score (nSPS) is 51.3. The van der Waals surface area contributed by atoms with Crippen molar-refractivity contribution in [3.05, 3.63) is 0 Å². The van der Waals surface area contributed by atoms with Crippen LogP contribution in [0.3, 0.4) is 0 Å². The largest absolute Gasteiger partial charge is 0.0649 e. The van der Waals surface area contributed by atoms with Crippen LogP contribution in [0.2, 0.25) is 0 Å². The van der Waals surface area contributed by atoms with Gasteiger partial charge in [0.05, 0.1) is 0 Å². The highest BCUT2D eigenvalue weighted by Gasteiger charge is 2.71. The monoisotopic (exact) mass is 659 g/mol. The van der Waals surface area contributed by atoms with Gasteiger partial charge in [0.25, 0.3) is 0 Å². The molecule has 8 aliphatic rings. The predicted octanol–water partition coefficient (Wildman–Crippen LogP) is 14.3. The molecular weight excluding hydrogens is 577 g/mol. The van der Waals surface area contributed by atoms with Gasteiger partial charge >= 0.3 is 0 Å². The van der Waals surface area contributed by atoms with E-state index in [1.807, 2.05) is 0 Å². The smallest absolute Gasteiger partial charge is 0.0230 e. The Kier molecular flexibility index (Phi) is 9.17. The Labute approximate surface area is 300 Å². The Morgan fingerprint density at radius 3 is 1.60 bits per heavy atom. The molecule has 0 heteroatoms. The van der Waals surface area contributed by atoms with Crippen LogP contribution in [0.5, 0.6) is 0 Å². The first kappa shape index (κ1) is 35.1. The van der Waals surface area contributed by atoms with Crippen LogP contribution in [-0.4, -0.2) is 0 Å². The molecule has 274 valence electrons. The highest BCUT2D eigenvalue weighted by atomic mass is 14.8. The summed E-state index contributed by atoms with van der Waals surface area (Å²) < 4.78 is 0. The second-order valence-electron chi connectivity index (χ2n) is 22.5. The summed E-state index contributed by atoms with van der Waals surface area (Å²) >= 11 is 0. The third-order valence-corrected chi connectivity index (χ3v) is 21.3. The van der Waals surface area contributed by atoms with E-state index in [2.05, 4.69) is 62.3 Å². The van der Waals surface area contributed by atoms with Crippen molar-refractivity contribution in [3.63, 3.8) is 0 Å². The van der Waals surface area contributed by atoms with Crippen LogP contribution in [0.15, 0.2) is 0 Å². The molecule has 1 spiro atoms. The van der Waals surface area contributed by atoms with Gasteiger partial charge in [-0.1, -0.05) is 120 Å². The fraction of sp³-hybridized carbons (Fsp3) is 1.00. The molecule has 15 unspecified atom stereocenters. The third kappa shape index (κ3) is 5.11. The molecular formula is C48H82. The van der Waals surface area contributed by atoms with E-state index in [9.17, 15) is 0 Å². The molecule has 0 saturated heterocycles. The molecule has 15 atom stereocenters. The van der Waals surface area contributed by atoms with Crippen LogP contribution in [0.4, 0.5) is 0 Å². The Morgan fingerprint density at radius 2 is 1.00 bits per heavy atom. The summed E-state index contributed by atoms with van der Waals surface area (Å²) in [7, 11) is 0. The van der Waals surface area contributed by atoms with Crippen molar-refractivity contribution in [2.24, 2.45) is 110 Å². The minimum absolute atomic E-state index is 0.526. The first-order valence-electron chi connectivity index (χ1n) is 22.9. The average molecular weight is 659 g/mol. The number of hydrogen-bond donors (Lipinski definition) is 0. The summed E-state index contributed by atoms with van der Waals surface area (Å²) in [5.74, 6) is 15.6. The Morgan fingerprint density at radius 1 is 0.500 bits per heavy atom. The van der Waals surface area contributed by atoms with Crippen molar-refractivity contribution >= 4 is 0 Å². The molecule has 8 fully saturated rings. The molecule has 0 aliphatic heterocycles. The van der Waals surface area contributed by atoms with E-state index in [1.54, 1.807) is 96.3 Å². The number of hydrogen-bond acceptors (Lipinski definition) is 0. The van der Waals surface area contributed by atoms with E-state index < -0.39 is 0 Å². The van der Waals surface area contributed by atoms with E-state index in [1.165, 1.54) is 32.1 Å². The molecule has 0 nitrogen and oxygen atoms in total. The summed E-state index contributed by atoms with van der Waals surface area (Å²) in [4.78, 5) is 0. The zero-order valence-electron chi connectivity index (χ0n) is 33.8. The maximum atomic E-state index is 2.83. The lowest BCUT2D eigenvalue weighted by molar-refractivity contribution is -0.0943. The van der Waals surface area contributed by atoms with E-state index in [0.29, 0.717) is 21.7 Å². The highest BCUT2D eigenvalue weighted by Crippen LogP contribution is 2.78. The van der Waals surface area contributed by atoms with Crippen molar-refractivity contribution < 1.29 is 0 Å². The minimum Gasteiger partial charge on any atom is -0.0649 e. The van der Waals surface area contributed by atoms with Gasteiger partial charge in [0.2, 0.25) is 0 Å². The van der Waals surface area contributed by atoms with Gasteiger partial charge in [-0.25, -0.2) is 0 Å². The molecule has 8 aliphatic carbocycles. The van der Waals surface area contributed by atoms with Gasteiger partial charge in [-0.3, -0.25) is 0 Å². The highest BCUT2D eigenvalue weighted by molar-refractivity contribution is 5.20. The molecule has 0 bridgehead atoms. The molecule has 8 saturated carbocycles. The second kappa shape index (κ2) is 12.6. The molecule has 8 rings (SSSR count). The van der Waals surface area contributed by atoms with Crippen LogP contribution in [0.1, 0.15) is 191 Å². The zero-order valence-corrected chi connectivity index (χ0v) is 33.8. The molecule has 0 aromatic heterocycles. The predicted molar refractivity (Wildman–Crippen MR) is 205 cm³/mol. The topological polar surface area (TPSA) is 0 Å². The second-order valence-corrected chi connectivity index (χ2v) is 22.5. The van der Waals surface area contributed by atoms with Gasteiger partial charge in [-0.2, -0.15) is 0 Å². The molecule has 0 N–H and O–H groups in total. The lowest BCUT2D eigenvalue weighted by Gasteiger charge is -2.59. The maximum Gasteiger partial charge on any atom is -0.0230 e. The summed E-state index contributed by atoms with van der Waals surface area (Å²) in [5.41, 5.74) is 2.27. The van der Waals surface area contributed by atoms with Crippen molar-refractivity contribution in [2.45, 2.75) is 191 Å². The third-order valence-electron chi connectivity index (χ3n) is 21.3. The summed E-state index contributed by atoms with van der Waals surface area (Å²) in [5, 5.41) is 0. The van der Waals surface area contributed by atoms with Gasteiger partial charge in [0, 0.05) is 0 Å². The van der Waals surface area contributed by atoms with Gasteiger partial charge < -0.3 is 0 Å². The fourth-order valence-corrected chi connectivity index (χ4v) is 17.8. The number of rotatable bonds is 6. The number of fused-ring (bicyclic) bond motifs is 11. The van der Waals surface area contributed by atoms with E-state index in [-0.39, 0.29) is 0 Å². The summed E-state index contributed by atoms with van der Waals surface area (Å²) in [6, 6.07) is 0. The van der Waals surface area contributed by atoms with Gasteiger partial charge in [0.15, 0.2) is 0 Å². The minimum atomic E-state index is 0.526. The molecule has 0 heterocycles. The molecule has 0 aromatic carbocycles. The molecule has 48 heavy (non-hydrogen) atoms. The van der Waals surface area contributed by atoms with Crippen LogP contribution in [0.25, 0.3) is 0 Å². The molecule has 0 amide bonds. The van der Waals surface area contributed by atoms with Crippen LogP contribution in [0, 0.1) is 110 Å². The van der Waals surface area contributed by atoms with Gasteiger partial charge in [-0.05, 0) is 181 Å². The first-order chi connectivity index (χ1) is 22.9. The molecule has 0 radical (unpaired) electrons. The van der Waals surface area contributed by atoms with Crippen LogP contribution < -0.4 is 0 Å². The van der Waals surface area contributed by atoms with Crippen molar-refractivity contribution in [1.29, 1.82) is 0 Å². The SMILES string of the molecule is CCC(C)(CC)C1CC(C(C)(CC)CC)CC2(C1)C1CC3CCCCC3CC1C1C3C4CC5CCC(C)CC5CC4C(C)(C)C3CCC12. The standard InChI is InChI=1S/C48H82/c1-10-46(8,11-2)35-27-36(47(9,12-3)13-4)29-48(28-35)40-21-20-39-43(44(40)38-23-31-16-14-15-17-32(31)25-42(38)48)37-24-33-19-18-30(5)22-34(33)26-41(37)45(39,6)7/h30-44H,10-29H2,1-9H3. The van der Waals surface area contributed by atoms with E-state index >= 15 is 0 Å². The summed E-state index contributed by atoms with van der Waals surface area (Å²) in [6.45, 7) is 24.0. The van der Waals surface area contributed by atoms with Crippen molar-refractivity contribution in [3.8, 4) is 0 Å².